The summed E-state index contributed by atoms with van der Waals surface area (Å²) in [6.45, 7) is -2.88. The van der Waals surface area contributed by atoms with Crippen molar-refractivity contribution < 1.29 is 13.5 Å². The van der Waals surface area contributed by atoms with Gasteiger partial charge in [-0.3, -0.25) is 0 Å². The molecule has 1 aromatic carbocycles. The summed E-state index contributed by atoms with van der Waals surface area (Å²) in [5.41, 5.74) is 0.608. The number of nitriles is 1. The third kappa shape index (κ3) is 3.43. The molecule has 0 aliphatic rings. The predicted molar refractivity (Wildman–Crippen MR) is 57.8 cm³/mol. The number of alkyl halides is 2. The zero-order valence-corrected chi connectivity index (χ0v) is 10.5. The highest BCUT2D eigenvalue weighted by Gasteiger charge is 2.11. The molecular weight excluding hydrogens is 336 g/mol. The minimum Gasteiger partial charge on any atom is -0.434 e. The van der Waals surface area contributed by atoms with Crippen molar-refractivity contribution >= 4 is 31.9 Å². The molecule has 0 aromatic heterocycles. The summed E-state index contributed by atoms with van der Waals surface area (Å²) in [4.78, 5) is 0. The maximum atomic E-state index is 12.0. The number of hydrogen-bond acceptors (Lipinski definition) is 2. The van der Waals surface area contributed by atoms with E-state index in [1.54, 1.807) is 6.07 Å². The Kier molecular flexibility index (Phi) is 4.48. The van der Waals surface area contributed by atoms with Crippen LogP contribution in [0.1, 0.15) is 5.56 Å². The summed E-state index contributed by atoms with van der Waals surface area (Å²) in [5, 5.41) is 8.51. The van der Waals surface area contributed by atoms with Crippen molar-refractivity contribution in [2.75, 3.05) is 0 Å². The van der Waals surface area contributed by atoms with E-state index in [0.29, 0.717) is 14.5 Å². The molecule has 0 aliphatic carbocycles. The molecule has 0 atom stereocenters. The van der Waals surface area contributed by atoms with Gasteiger partial charge in [0.1, 0.15) is 5.75 Å². The minimum atomic E-state index is -2.88. The summed E-state index contributed by atoms with van der Waals surface area (Å²) >= 11 is 6.31. The molecule has 80 valence electrons. The highest BCUT2D eigenvalue weighted by Crippen LogP contribution is 2.32. The quantitative estimate of drug-likeness (QED) is 0.836. The largest absolute Gasteiger partial charge is 0.434 e. The normalized spacial score (nSPS) is 10.1. The van der Waals surface area contributed by atoms with Gasteiger partial charge in [-0.05, 0) is 33.6 Å². The summed E-state index contributed by atoms with van der Waals surface area (Å²) < 4.78 is 29.4. The lowest BCUT2D eigenvalue weighted by Gasteiger charge is -2.09. The monoisotopic (exact) mass is 339 g/mol. The van der Waals surface area contributed by atoms with E-state index in [-0.39, 0.29) is 12.2 Å². The van der Waals surface area contributed by atoms with Gasteiger partial charge in [0.05, 0.1) is 17.0 Å². The number of ether oxygens (including phenoxy) is 1. The Morgan fingerprint density at radius 2 is 2.00 bits per heavy atom. The van der Waals surface area contributed by atoms with Gasteiger partial charge in [-0.1, -0.05) is 15.9 Å². The molecule has 0 N–H and O–H groups in total. The Labute approximate surface area is 102 Å². The van der Waals surface area contributed by atoms with Gasteiger partial charge in [-0.25, -0.2) is 0 Å². The van der Waals surface area contributed by atoms with Gasteiger partial charge in [0.15, 0.2) is 0 Å². The second kappa shape index (κ2) is 5.42. The van der Waals surface area contributed by atoms with Gasteiger partial charge in [0, 0.05) is 4.47 Å². The first-order chi connectivity index (χ1) is 7.04. The van der Waals surface area contributed by atoms with Crippen LogP contribution in [0.25, 0.3) is 0 Å². The molecule has 6 heteroatoms. The van der Waals surface area contributed by atoms with Crippen LogP contribution in [0, 0.1) is 11.3 Å². The van der Waals surface area contributed by atoms with Crippen LogP contribution in [0.3, 0.4) is 0 Å². The summed E-state index contributed by atoms with van der Waals surface area (Å²) in [5.74, 6) is 0.0263. The van der Waals surface area contributed by atoms with Gasteiger partial charge in [0.2, 0.25) is 0 Å². The standard InChI is InChI=1S/C9H5Br2F2NO/c10-6-4-7(11)8(15-9(12)13)3-5(6)1-2-14/h3-4,9H,1H2. The van der Waals surface area contributed by atoms with Crippen molar-refractivity contribution in [3.63, 3.8) is 0 Å². The van der Waals surface area contributed by atoms with Crippen LogP contribution in [-0.2, 0) is 6.42 Å². The van der Waals surface area contributed by atoms with E-state index < -0.39 is 6.61 Å². The van der Waals surface area contributed by atoms with E-state index in [4.69, 9.17) is 5.26 Å². The first-order valence-corrected chi connectivity index (χ1v) is 5.43. The smallest absolute Gasteiger partial charge is 0.387 e. The van der Waals surface area contributed by atoms with E-state index in [1.807, 2.05) is 6.07 Å². The zero-order chi connectivity index (χ0) is 11.4. The van der Waals surface area contributed by atoms with Crippen molar-refractivity contribution in [3.05, 3.63) is 26.6 Å². The molecule has 15 heavy (non-hydrogen) atoms. The average Bonchev–Trinajstić information content (AvgIpc) is 2.12. The first kappa shape index (κ1) is 12.4. The third-order valence-corrected chi connectivity index (χ3v) is 2.94. The lowest BCUT2D eigenvalue weighted by molar-refractivity contribution is -0.0503. The van der Waals surface area contributed by atoms with Crippen LogP contribution < -0.4 is 4.74 Å². The zero-order valence-electron chi connectivity index (χ0n) is 7.31. The highest BCUT2D eigenvalue weighted by atomic mass is 79.9. The van der Waals surface area contributed by atoms with Gasteiger partial charge in [-0.2, -0.15) is 14.0 Å². The van der Waals surface area contributed by atoms with E-state index >= 15 is 0 Å². The number of hydrogen-bond donors (Lipinski definition) is 0. The van der Waals surface area contributed by atoms with E-state index in [0.717, 1.165) is 0 Å². The van der Waals surface area contributed by atoms with Gasteiger partial charge < -0.3 is 4.74 Å². The fourth-order valence-corrected chi connectivity index (χ4v) is 2.21. The Morgan fingerprint density at radius 1 is 1.33 bits per heavy atom. The number of rotatable bonds is 3. The van der Waals surface area contributed by atoms with Crippen LogP contribution in [0.2, 0.25) is 0 Å². The second-order valence-corrected chi connectivity index (χ2v) is 4.30. The molecule has 0 aliphatic heterocycles. The first-order valence-electron chi connectivity index (χ1n) is 3.84. The summed E-state index contributed by atoms with van der Waals surface area (Å²) in [7, 11) is 0. The SMILES string of the molecule is N#CCc1cc(OC(F)F)c(Br)cc1Br. The van der Waals surface area contributed by atoms with Crippen LogP contribution in [0.4, 0.5) is 8.78 Å². The number of nitrogens with zero attached hydrogens (tertiary/aromatic N) is 1. The van der Waals surface area contributed by atoms with E-state index in [2.05, 4.69) is 36.6 Å². The third-order valence-electron chi connectivity index (χ3n) is 1.59. The molecule has 0 spiro atoms. The topological polar surface area (TPSA) is 33.0 Å². The lowest BCUT2D eigenvalue weighted by atomic mass is 10.1. The fraction of sp³-hybridized carbons (Fsp3) is 0.222. The van der Waals surface area contributed by atoms with Crippen molar-refractivity contribution in [2.24, 2.45) is 0 Å². The molecule has 0 heterocycles. The van der Waals surface area contributed by atoms with E-state index in [9.17, 15) is 8.78 Å². The van der Waals surface area contributed by atoms with E-state index in [1.165, 1.54) is 6.07 Å². The van der Waals surface area contributed by atoms with Crippen molar-refractivity contribution in [1.29, 1.82) is 5.26 Å². The van der Waals surface area contributed by atoms with Gasteiger partial charge >= 0.3 is 6.61 Å². The lowest BCUT2D eigenvalue weighted by Crippen LogP contribution is -2.03. The van der Waals surface area contributed by atoms with Gasteiger partial charge in [-0.15, -0.1) is 0 Å². The average molecular weight is 341 g/mol. The van der Waals surface area contributed by atoms with Crippen LogP contribution in [0.5, 0.6) is 5.75 Å². The van der Waals surface area contributed by atoms with Crippen molar-refractivity contribution in [3.8, 4) is 11.8 Å². The summed E-state index contributed by atoms with van der Waals surface area (Å²) in [6, 6.07) is 4.92. The van der Waals surface area contributed by atoms with Crippen LogP contribution in [0.15, 0.2) is 21.1 Å². The second-order valence-electron chi connectivity index (χ2n) is 2.59. The Bertz CT molecular complexity index is 404. The maximum absolute atomic E-state index is 12.0. The number of benzene rings is 1. The van der Waals surface area contributed by atoms with Crippen molar-refractivity contribution in [2.45, 2.75) is 13.0 Å². The molecule has 0 saturated heterocycles. The molecular formula is C9H5Br2F2NO. The maximum Gasteiger partial charge on any atom is 0.387 e. The molecule has 0 radical (unpaired) electrons. The highest BCUT2D eigenvalue weighted by molar-refractivity contribution is 9.11. The van der Waals surface area contributed by atoms with Crippen LogP contribution in [-0.4, -0.2) is 6.61 Å². The Hall–Kier alpha value is -0.670. The molecule has 1 aromatic rings. The fourth-order valence-electron chi connectivity index (χ4n) is 0.978. The Morgan fingerprint density at radius 3 is 2.53 bits per heavy atom. The Balaban J connectivity index is 3.07. The minimum absolute atomic E-state index is 0.0263. The molecule has 0 bridgehead atoms. The van der Waals surface area contributed by atoms with Crippen molar-refractivity contribution in [1.82, 2.24) is 0 Å². The summed E-state index contributed by atoms with van der Waals surface area (Å²) in [6.07, 6.45) is 0.132. The molecule has 0 saturated carbocycles. The number of halogens is 4. The van der Waals surface area contributed by atoms with Gasteiger partial charge in [0.25, 0.3) is 0 Å². The molecule has 0 unspecified atom stereocenters. The molecule has 1 rings (SSSR count). The van der Waals surface area contributed by atoms with Crippen LogP contribution >= 0.6 is 31.9 Å². The molecule has 2 nitrogen and oxygen atoms in total. The molecule has 0 amide bonds. The predicted octanol–water partition coefficient (Wildman–Crippen LogP) is 3.88. The molecule has 0 fully saturated rings.